The number of nitrogens with two attached hydrogens (primary N) is 1. The predicted molar refractivity (Wildman–Crippen MR) is 78.4 cm³/mol. The lowest BCUT2D eigenvalue weighted by Crippen LogP contribution is -2.01. The van der Waals surface area contributed by atoms with Gasteiger partial charge in [-0.1, -0.05) is 18.2 Å². The molecule has 0 aliphatic heterocycles. The largest absolute Gasteiger partial charge is 0.368 e. The summed E-state index contributed by atoms with van der Waals surface area (Å²) in [6, 6.07) is 12.5. The van der Waals surface area contributed by atoms with Gasteiger partial charge >= 0.3 is 0 Å². The molecule has 0 unspecified atom stereocenters. The molecule has 100 valence electrons. The van der Waals surface area contributed by atoms with Gasteiger partial charge < -0.3 is 11.1 Å². The maximum atomic E-state index is 13.6. The Labute approximate surface area is 115 Å². The Hall–Kier alpha value is -2.69. The zero-order valence-corrected chi connectivity index (χ0v) is 10.9. The quantitative estimate of drug-likeness (QED) is 0.747. The van der Waals surface area contributed by atoms with Crippen LogP contribution < -0.4 is 11.1 Å². The van der Waals surface area contributed by atoms with Crippen LogP contribution in [0.4, 0.5) is 21.8 Å². The first-order chi connectivity index (χ1) is 9.63. The molecule has 4 nitrogen and oxygen atoms in total. The fourth-order valence-corrected chi connectivity index (χ4v) is 2.00. The first-order valence-corrected chi connectivity index (χ1v) is 6.19. The van der Waals surface area contributed by atoms with Gasteiger partial charge in [0, 0.05) is 11.1 Å². The Balaban J connectivity index is 2.07. The maximum Gasteiger partial charge on any atom is 0.222 e. The van der Waals surface area contributed by atoms with Crippen molar-refractivity contribution in [1.29, 1.82) is 0 Å². The third-order valence-corrected chi connectivity index (χ3v) is 3.06. The smallest absolute Gasteiger partial charge is 0.222 e. The van der Waals surface area contributed by atoms with Gasteiger partial charge in [0.2, 0.25) is 5.95 Å². The molecule has 1 heterocycles. The summed E-state index contributed by atoms with van der Waals surface area (Å²) in [4.78, 5) is 8.34. The zero-order chi connectivity index (χ0) is 14.1. The molecule has 3 N–H and O–H groups in total. The highest BCUT2D eigenvalue weighted by Crippen LogP contribution is 2.25. The highest BCUT2D eigenvalue weighted by Gasteiger charge is 2.07. The van der Waals surface area contributed by atoms with Crippen LogP contribution in [0.25, 0.3) is 10.9 Å². The first kappa shape index (κ1) is 12.3. The van der Waals surface area contributed by atoms with Crippen LogP contribution in [0.2, 0.25) is 0 Å². The van der Waals surface area contributed by atoms with Gasteiger partial charge in [-0.2, -0.15) is 4.98 Å². The van der Waals surface area contributed by atoms with Gasteiger partial charge in [-0.25, -0.2) is 9.37 Å². The fraction of sp³-hybridized carbons (Fsp3) is 0.0667. The molecule has 2 aromatic carbocycles. The molecule has 3 aromatic rings. The van der Waals surface area contributed by atoms with Crippen molar-refractivity contribution in [1.82, 2.24) is 9.97 Å². The lowest BCUT2D eigenvalue weighted by molar-refractivity contribution is 0.619. The van der Waals surface area contributed by atoms with Gasteiger partial charge in [-0.15, -0.1) is 0 Å². The van der Waals surface area contributed by atoms with Crippen molar-refractivity contribution >= 4 is 28.4 Å². The van der Waals surface area contributed by atoms with Crippen LogP contribution in [0, 0.1) is 12.7 Å². The molecule has 0 aliphatic carbocycles. The second kappa shape index (κ2) is 4.77. The normalized spacial score (nSPS) is 10.7. The summed E-state index contributed by atoms with van der Waals surface area (Å²) in [6.45, 7) is 1.72. The number of anilines is 3. The summed E-state index contributed by atoms with van der Waals surface area (Å²) < 4.78 is 13.6. The monoisotopic (exact) mass is 268 g/mol. The van der Waals surface area contributed by atoms with E-state index in [4.69, 9.17) is 5.73 Å². The molecule has 3 rings (SSSR count). The van der Waals surface area contributed by atoms with Crippen LogP contribution in [0.15, 0.2) is 42.5 Å². The lowest BCUT2D eigenvalue weighted by atomic mass is 10.2. The van der Waals surface area contributed by atoms with E-state index in [1.807, 2.05) is 24.3 Å². The second-order valence-electron chi connectivity index (χ2n) is 4.54. The highest BCUT2D eigenvalue weighted by atomic mass is 19.1. The molecular weight excluding hydrogens is 255 g/mol. The SMILES string of the molecule is Cc1ccc(Nc2nc(N)nc3ccccc23)cc1F. The van der Waals surface area contributed by atoms with Gasteiger partial charge in [-0.3, -0.25) is 0 Å². The summed E-state index contributed by atoms with van der Waals surface area (Å²) in [5.41, 5.74) is 7.66. The summed E-state index contributed by atoms with van der Waals surface area (Å²) in [5.74, 6) is 0.483. The van der Waals surface area contributed by atoms with Crippen molar-refractivity contribution in [2.75, 3.05) is 11.1 Å². The molecule has 20 heavy (non-hydrogen) atoms. The summed E-state index contributed by atoms with van der Waals surface area (Å²) in [6.07, 6.45) is 0. The number of nitrogens with one attached hydrogen (secondary N) is 1. The lowest BCUT2D eigenvalue weighted by Gasteiger charge is -2.10. The Kier molecular flexibility index (Phi) is 2.95. The summed E-state index contributed by atoms with van der Waals surface area (Å²) in [7, 11) is 0. The van der Waals surface area contributed by atoms with Crippen LogP contribution in [-0.4, -0.2) is 9.97 Å². The molecule has 5 heteroatoms. The molecular formula is C15H13FN4. The van der Waals surface area contributed by atoms with Crippen molar-refractivity contribution in [2.45, 2.75) is 6.92 Å². The fourth-order valence-electron chi connectivity index (χ4n) is 2.00. The van der Waals surface area contributed by atoms with Gasteiger partial charge in [0.15, 0.2) is 0 Å². The van der Waals surface area contributed by atoms with Crippen molar-refractivity contribution in [3.63, 3.8) is 0 Å². The molecule has 0 spiro atoms. The molecule has 0 aliphatic rings. The molecule has 0 fully saturated rings. The van der Waals surface area contributed by atoms with Gasteiger partial charge in [0.25, 0.3) is 0 Å². The van der Waals surface area contributed by atoms with Crippen LogP contribution in [0.1, 0.15) is 5.56 Å². The Bertz CT molecular complexity index is 786. The van der Waals surface area contributed by atoms with Crippen LogP contribution in [0.5, 0.6) is 0 Å². The third-order valence-electron chi connectivity index (χ3n) is 3.06. The third kappa shape index (κ3) is 2.25. The van der Waals surface area contributed by atoms with Crippen molar-refractivity contribution in [3.05, 3.63) is 53.8 Å². The number of rotatable bonds is 2. The maximum absolute atomic E-state index is 13.6. The Morgan fingerprint density at radius 2 is 1.90 bits per heavy atom. The van der Waals surface area contributed by atoms with Crippen LogP contribution >= 0.6 is 0 Å². The standard InChI is InChI=1S/C15H13FN4/c1-9-6-7-10(8-12(9)16)18-14-11-4-2-3-5-13(11)19-15(17)20-14/h2-8H,1H3,(H3,17,18,19,20). The van der Waals surface area contributed by atoms with E-state index in [0.717, 1.165) is 10.9 Å². The topological polar surface area (TPSA) is 63.8 Å². The van der Waals surface area contributed by atoms with E-state index < -0.39 is 0 Å². The van der Waals surface area contributed by atoms with Crippen LogP contribution in [0.3, 0.4) is 0 Å². The van der Waals surface area contributed by atoms with Gasteiger partial charge in [0.05, 0.1) is 5.52 Å². The van der Waals surface area contributed by atoms with E-state index in [0.29, 0.717) is 17.1 Å². The van der Waals surface area contributed by atoms with Crippen molar-refractivity contribution in [3.8, 4) is 0 Å². The molecule has 0 bridgehead atoms. The molecule has 0 saturated carbocycles. The van der Waals surface area contributed by atoms with E-state index >= 15 is 0 Å². The van der Waals surface area contributed by atoms with Crippen molar-refractivity contribution in [2.24, 2.45) is 0 Å². The van der Waals surface area contributed by atoms with Crippen molar-refractivity contribution < 1.29 is 4.39 Å². The van der Waals surface area contributed by atoms with Gasteiger partial charge in [0.1, 0.15) is 11.6 Å². The second-order valence-corrected chi connectivity index (χ2v) is 4.54. The number of halogens is 1. The van der Waals surface area contributed by atoms with E-state index in [1.165, 1.54) is 6.07 Å². The van der Waals surface area contributed by atoms with E-state index in [9.17, 15) is 4.39 Å². The van der Waals surface area contributed by atoms with E-state index in [2.05, 4.69) is 15.3 Å². The minimum atomic E-state index is -0.263. The molecule has 1 aromatic heterocycles. The average molecular weight is 268 g/mol. The average Bonchev–Trinajstić information content (AvgIpc) is 2.43. The minimum Gasteiger partial charge on any atom is -0.368 e. The number of benzene rings is 2. The highest BCUT2D eigenvalue weighted by molar-refractivity contribution is 5.91. The number of aromatic nitrogens is 2. The summed E-state index contributed by atoms with van der Waals surface area (Å²) >= 11 is 0. The Morgan fingerprint density at radius 1 is 1.10 bits per heavy atom. The van der Waals surface area contributed by atoms with E-state index in [-0.39, 0.29) is 11.8 Å². The minimum absolute atomic E-state index is 0.179. The molecule has 0 amide bonds. The number of hydrogen-bond donors (Lipinski definition) is 2. The number of nitrogens with zero attached hydrogens (tertiary/aromatic N) is 2. The molecule has 0 saturated heterocycles. The number of fused-ring (bicyclic) bond motifs is 1. The van der Waals surface area contributed by atoms with Gasteiger partial charge in [-0.05, 0) is 36.8 Å². The number of hydrogen-bond acceptors (Lipinski definition) is 4. The molecule has 0 radical (unpaired) electrons. The number of nitrogen functional groups attached to an aromatic ring is 1. The zero-order valence-electron chi connectivity index (χ0n) is 10.9. The predicted octanol–water partition coefficient (Wildman–Crippen LogP) is 3.40. The van der Waals surface area contributed by atoms with E-state index in [1.54, 1.807) is 19.1 Å². The number of para-hydroxylation sites is 1. The van der Waals surface area contributed by atoms with Crippen LogP contribution in [-0.2, 0) is 0 Å². The molecule has 0 atom stereocenters. The number of aryl methyl sites for hydroxylation is 1. The summed E-state index contributed by atoms with van der Waals surface area (Å²) in [5, 5.41) is 3.92. The first-order valence-electron chi connectivity index (χ1n) is 6.19. The Morgan fingerprint density at radius 3 is 2.70 bits per heavy atom.